The van der Waals surface area contributed by atoms with Gasteiger partial charge in [-0.3, -0.25) is 0 Å². The van der Waals surface area contributed by atoms with Crippen LogP contribution in [0.5, 0.6) is 5.75 Å². The Morgan fingerprint density at radius 3 is 2.64 bits per heavy atom. The molecule has 1 rings (SSSR count). The van der Waals surface area contributed by atoms with Gasteiger partial charge in [0.2, 0.25) is 0 Å². The van der Waals surface area contributed by atoms with Crippen LogP contribution < -0.4 is 10.5 Å². The first-order valence-electron chi connectivity index (χ1n) is 3.52. The highest BCUT2D eigenvalue weighted by Crippen LogP contribution is 2.29. The van der Waals surface area contributed by atoms with Crippen LogP contribution >= 0.6 is 15.9 Å². The number of nitrogens with zero attached hydrogens (tertiary/aromatic N) is 1. The van der Waals surface area contributed by atoms with Crippen LogP contribution in [0, 0.1) is 0 Å². The van der Waals surface area contributed by atoms with E-state index in [1.165, 1.54) is 12.3 Å². The second-order valence-electron chi connectivity index (χ2n) is 2.38. The smallest absolute Gasteiger partial charge is 0.403 e. The lowest BCUT2D eigenvalue weighted by molar-refractivity contribution is -0.275. The third-order valence-corrected chi connectivity index (χ3v) is 1.92. The Hall–Kier alpha value is -0.820. The van der Waals surface area contributed by atoms with Crippen LogP contribution in [0.4, 0.5) is 13.2 Å². The number of pyridine rings is 1. The Morgan fingerprint density at radius 2 is 2.14 bits per heavy atom. The summed E-state index contributed by atoms with van der Waals surface area (Å²) in [5, 5.41) is 0. The number of rotatable bonds is 2. The molecule has 3 nitrogen and oxygen atoms in total. The number of hydrogen-bond acceptors (Lipinski definition) is 3. The Kier molecular flexibility index (Phi) is 3.33. The predicted octanol–water partition coefficient (Wildman–Crippen LogP) is 2.20. The summed E-state index contributed by atoms with van der Waals surface area (Å²) in [4.78, 5) is 3.65. The van der Waals surface area contributed by atoms with Gasteiger partial charge in [0.05, 0.1) is 0 Å². The molecule has 7 heteroatoms. The van der Waals surface area contributed by atoms with Crippen molar-refractivity contribution in [1.82, 2.24) is 4.98 Å². The second kappa shape index (κ2) is 4.14. The maximum Gasteiger partial charge on any atom is 0.573 e. The lowest BCUT2D eigenvalue weighted by Crippen LogP contribution is -2.18. The molecule has 0 amide bonds. The highest BCUT2D eigenvalue weighted by atomic mass is 79.9. The van der Waals surface area contributed by atoms with Crippen LogP contribution in [0.25, 0.3) is 0 Å². The summed E-state index contributed by atoms with van der Waals surface area (Å²) in [7, 11) is 0. The summed E-state index contributed by atoms with van der Waals surface area (Å²) >= 11 is 2.84. The maximum absolute atomic E-state index is 11.9. The van der Waals surface area contributed by atoms with Crippen LogP contribution in [-0.4, -0.2) is 11.3 Å². The second-order valence-corrected chi connectivity index (χ2v) is 3.14. The molecule has 78 valence electrons. The molecule has 14 heavy (non-hydrogen) atoms. The molecule has 1 aromatic heterocycles. The standard InChI is InChI=1S/C7H6BrF3N2O/c8-6-5(14-7(9,10)11)1-4(2-12)3-13-6/h1,3H,2,12H2. The van der Waals surface area contributed by atoms with E-state index < -0.39 is 6.36 Å². The molecule has 2 N–H and O–H groups in total. The number of nitrogens with two attached hydrogens (primary N) is 1. The van der Waals surface area contributed by atoms with Gasteiger partial charge in [0.25, 0.3) is 0 Å². The van der Waals surface area contributed by atoms with Gasteiger partial charge < -0.3 is 10.5 Å². The molecule has 0 atom stereocenters. The third-order valence-electron chi connectivity index (χ3n) is 1.32. The minimum atomic E-state index is -4.72. The Labute approximate surface area is 86.2 Å². The van der Waals surface area contributed by atoms with Gasteiger partial charge in [-0.15, -0.1) is 13.2 Å². The van der Waals surface area contributed by atoms with Crippen molar-refractivity contribution in [2.75, 3.05) is 0 Å². The molecule has 0 aliphatic carbocycles. The number of ether oxygens (including phenoxy) is 1. The van der Waals surface area contributed by atoms with Gasteiger partial charge in [-0.2, -0.15) is 0 Å². The summed E-state index contributed by atoms with van der Waals surface area (Å²) in [5.41, 5.74) is 5.71. The predicted molar refractivity (Wildman–Crippen MR) is 46.5 cm³/mol. The van der Waals surface area contributed by atoms with Crippen LogP contribution in [0.3, 0.4) is 0 Å². The molecule has 1 aromatic rings. The number of aromatic nitrogens is 1. The zero-order chi connectivity index (χ0) is 10.8. The van der Waals surface area contributed by atoms with Crippen molar-refractivity contribution >= 4 is 15.9 Å². The Bertz CT molecular complexity index is 329. The molecule has 0 saturated heterocycles. The van der Waals surface area contributed by atoms with Gasteiger partial charge in [0, 0.05) is 12.7 Å². The average Bonchev–Trinajstić information content (AvgIpc) is 2.06. The first-order valence-corrected chi connectivity index (χ1v) is 4.32. The van der Waals surface area contributed by atoms with Gasteiger partial charge in [-0.05, 0) is 27.6 Å². The molecule has 0 aromatic carbocycles. The van der Waals surface area contributed by atoms with E-state index in [1.54, 1.807) is 0 Å². The van der Waals surface area contributed by atoms with E-state index in [-0.39, 0.29) is 16.9 Å². The van der Waals surface area contributed by atoms with Crippen LogP contribution in [0.1, 0.15) is 5.56 Å². The molecule has 0 fully saturated rings. The zero-order valence-electron chi connectivity index (χ0n) is 6.81. The number of alkyl halides is 3. The number of halogens is 4. The van der Waals surface area contributed by atoms with Crippen LogP contribution in [0.15, 0.2) is 16.9 Å². The Morgan fingerprint density at radius 1 is 1.50 bits per heavy atom. The average molecular weight is 271 g/mol. The summed E-state index contributed by atoms with van der Waals surface area (Å²) in [6, 6.07) is 1.19. The minimum absolute atomic E-state index is 0.00738. The highest BCUT2D eigenvalue weighted by molar-refractivity contribution is 9.10. The number of hydrogen-bond donors (Lipinski definition) is 1. The van der Waals surface area contributed by atoms with Crippen molar-refractivity contribution in [2.24, 2.45) is 5.73 Å². The van der Waals surface area contributed by atoms with Gasteiger partial charge >= 0.3 is 6.36 Å². The van der Waals surface area contributed by atoms with Crippen LogP contribution in [0.2, 0.25) is 0 Å². The van der Waals surface area contributed by atoms with E-state index in [4.69, 9.17) is 5.73 Å². The Balaban J connectivity index is 2.95. The first kappa shape index (κ1) is 11.3. The van der Waals surface area contributed by atoms with Crippen molar-refractivity contribution in [1.29, 1.82) is 0 Å². The fraction of sp³-hybridized carbons (Fsp3) is 0.286. The van der Waals surface area contributed by atoms with E-state index in [0.29, 0.717) is 5.56 Å². The highest BCUT2D eigenvalue weighted by Gasteiger charge is 2.32. The maximum atomic E-state index is 11.9. The molecule has 0 spiro atoms. The summed E-state index contributed by atoms with van der Waals surface area (Å²) in [6.07, 6.45) is -3.36. The third kappa shape index (κ3) is 3.15. The lowest BCUT2D eigenvalue weighted by Gasteiger charge is -2.10. The van der Waals surface area contributed by atoms with Crippen molar-refractivity contribution < 1.29 is 17.9 Å². The van der Waals surface area contributed by atoms with Crippen molar-refractivity contribution in [2.45, 2.75) is 12.9 Å². The SMILES string of the molecule is NCc1cnc(Br)c(OC(F)(F)F)c1. The molecule has 0 aliphatic heterocycles. The van der Waals surface area contributed by atoms with E-state index in [2.05, 4.69) is 25.7 Å². The van der Waals surface area contributed by atoms with Gasteiger partial charge in [-0.25, -0.2) is 4.98 Å². The summed E-state index contributed by atoms with van der Waals surface area (Å²) in [6.45, 7) is 0.106. The zero-order valence-corrected chi connectivity index (χ0v) is 8.39. The van der Waals surface area contributed by atoms with Gasteiger partial charge in [0.15, 0.2) is 5.75 Å². The summed E-state index contributed by atoms with van der Waals surface area (Å²) < 4.78 is 39.3. The van der Waals surface area contributed by atoms with Crippen molar-refractivity contribution in [3.63, 3.8) is 0 Å². The molecule has 1 heterocycles. The van der Waals surface area contributed by atoms with E-state index in [1.807, 2.05) is 0 Å². The van der Waals surface area contributed by atoms with Crippen LogP contribution in [-0.2, 0) is 6.54 Å². The molecular weight excluding hydrogens is 265 g/mol. The topological polar surface area (TPSA) is 48.1 Å². The molecular formula is C7H6BrF3N2O. The monoisotopic (exact) mass is 270 g/mol. The van der Waals surface area contributed by atoms with Crippen molar-refractivity contribution in [3.05, 3.63) is 22.4 Å². The van der Waals surface area contributed by atoms with E-state index in [0.717, 1.165) is 0 Å². The lowest BCUT2D eigenvalue weighted by atomic mass is 10.3. The van der Waals surface area contributed by atoms with Gasteiger partial charge in [-0.1, -0.05) is 0 Å². The van der Waals surface area contributed by atoms with E-state index >= 15 is 0 Å². The molecule has 0 unspecified atom stereocenters. The van der Waals surface area contributed by atoms with Crippen molar-refractivity contribution in [3.8, 4) is 5.75 Å². The molecule has 0 radical (unpaired) electrons. The normalized spacial score (nSPS) is 11.5. The molecule has 0 aliphatic rings. The van der Waals surface area contributed by atoms with E-state index in [9.17, 15) is 13.2 Å². The quantitative estimate of drug-likeness (QED) is 0.839. The summed E-state index contributed by atoms with van der Waals surface area (Å²) in [5.74, 6) is -0.388. The molecule has 0 saturated carbocycles. The largest absolute Gasteiger partial charge is 0.573 e. The first-order chi connectivity index (χ1) is 6.42. The molecule has 0 bridgehead atoms. The fourth-order valence-corrected chi connectivity index (χ4v) is 1.07. The fourth-order valence-electron chi connectivity index (χ4n) is 0.776. The minimum Gasteiger partial charge on any atom is -0.403 e. The van der Waals surface area contributed by atoms with Gasteiger partial charge in [0.1, 0.15) is 4.60 Å².